The molecule has 11 aromatic rings. The second-order valence-electron chi connectivity index (χ2n) is 11.0. The van der Waals surface area contributed by atoms with Gasteiger partial charge in [-0.15, -0.1) is 0 Å². The van der Waals surface area contributed by atoms with Crippen LogP contribution >= 0.6 is 0 Å². The predicted octanol–water partition coefficient (Wildman–Crippen LogP) is 12.6. The molecule has 0 N–H and O–H groups in total. The molecule has 0 radical (unpaired) electrons. The van der Waals surface area contributed by atoms with Gasteiger partial charge in [0.1, 0.15) is 0 Å². The minimum Gasteiger partial charge on any atom is -0.309 e. The van der Waals surface area contributed by atoms with Crippen LogP contribution in [0.5, 0.6) is 0 Å². The van der Waals surface area contributed by atoms with Gasteiger partial charge in [0, 0.05) is 49.3 Å². The van der Waals surface area contributed by atoms with Crippen LogP contribution in [0.15, 0.2) is 187 Å². The Morgan fingerprint density at radius 2 is 0.745 bits per heavy atom. The SMILES string of the molecule is [2H]c1c([2H])c([2H])c(-n2c3c([2H])c([2H])c([2H])c([2H])c3c3c([2H])c(-c4c([2H])c([2H])c([2H])c([2H])c4-n4c5c([2H])c([2H])c([2H])c([2H])c5c5c6c7c([2H])c([2H])c([2H])c([2H])c7n(-c7c([2H])c([2H])c([2H])c([2H])c7[2H])c6c([2H])c([2H])c54)c([2H])c([2H])c32)c([2H])c1[2H]. The Kier molecular flexibility index (Phi) is 2.41. The number of aromatic nitrogens is 3. The van der Waals surface area contributed by atoms with Crippen molar-refractivity contribution in [3.05, 3.63) is 187 Å². The summed E-state index contributed by atoms with van der Waals surface area (Å²) in [6, 6.07) is -30.3. The first kappa shape index (κ1) is 11.3. The molecule has 0 atom stereocenters. The molecule has 8 aromatic carbocycles. The Morgan fingerprint density at radius 3 is 1.39 bits per heavy atom. The Morgan fingerprint density at radius 1 is 0.314 bits per heavy atom. The first-order valence-electron chi connectivity index (χ1n) is 30.5. The van der Waals surface area contributed by atoms with Crippen LogP contribution < -0.4 is 0 Å². The molecule has 3 heteroatoms. The number of benzene rings is 8. The van der Waals surface area contributed by atoms with Gasteiger partial charge >= 0.3 is 0 Å². The van der Waals surface area contributed by atoms with Crippen LogP contribution in [0.2, 0.25) is 0 Å². The maximum absolute atomic E-state index is 10.0. The lowest BCUT2D eigenvalue weighted by Crippen LogP contribution is -1.97. The summed E-state index contributed by atoms with van der Waals surface area (Å²) in [6.07, 6.45) is 0. The average molecular weight is 681 g/mol. The molecule has 11 rings (SSSR count). The van der Waals surface area contributed by atoms with Crippen LogP contribution in [-0.4, -0.2) is 13.7 Å². The lowest BCUT2D eigenvalue weighted by molar-refractivity contribution is 1.17. The van der Waals surface area contributed by atoms with Gasteiger partial charge in [-0.1, -0.05) is 115 Å². The molecule has 0 spiro atoms. The number of hydrogen-bond acceptors (Lipinski definition) is 0. The van der Waals surface area contributed by atoms with Crippen molar-refractivity contribution in [3.8, 4) is 28.2 Å². The van der Waals surface area contributed by atoms with Crippen LogP contribution in [0.1, 0.15) is 42.5 Å². The van der Waals surface area contributed by atoms with Gasteiger partial charge < -0.3 is 13.7 Å². The molecule has 51 heavy (non-hydrogen) atoms. The van der Waals surface area contributed by atoms with Gasteiger partial charge in [-0.05, 0) is 78.1 Å². The number of para-hydroxylation sites is 6. The maximum Gasteiger partial charge on any atom is 0.0646 e. The van der Waals surface area contributed by atoms with Crippen molar-refractivity contribution in [2.45, 2.75) is 0 Å². The third kappa shape index (κ3) is 4.00. The zero-order valence-electron chi connectivity index (χ0n) is 56.3. The second kappa shape index (κ2) is 10.8. The molecular weight excluding hydrogens is 619 g/mol. The Bertz CT molecular complexity index is 4880. The predicted molar refractivity (Wildman–Crippen MR) is 215 cm³/mol. The van der Waals surface area contributed by atoms with Crippen LogP contribution in [-0.2, 0) is 0 Å². The molecular formula is C48H31N3. The molecule has 0 aliphatic rings. The summed E-state index contributed by atoms with van der Waals surface area (Å²) in [5.41, 5.74) is -8.56. The summed E-state index contributed by atoms with van der Waals surface area (Å²) in [5.74, 6) is 0. The molecule has 0 amide bonds. The standard InChI is InChI=1S/C48H31N3/c1-3-15-33(16-4-1)49-41-24-12-8-20-36(41)39-31-32(27-28-44(39)49)35-19-7-11-23-40(35)51-43-26-14-10-22-38(43)48-46(51)30-29-45-47(48)37-21-9-13-25-42(37)50(45)34-17-5-2-6-18-34/h1-31H/i1D,2D,3D,4D,5D,6D,7D,8D,9D,10D,11D,12D,13D,14D,15D,16D,17D,18D,19D,20D,21D,22D,23D,24D,25D,26D,27D,28D,29D,30D,31D. The number of rotatable bonds is 4. The number of nitrogens with zero attached hydrogens (tertiary/aromatic N) is 3. The van der Waals surface area contributed by atoms with E-state index in [-0.39, 0.29) is 0 Å². The fourth-order valence-corrected chi connectivity index (χ4v) is 6.51. The third-order valence-electron chi connectivity index (χ3n) is 8.47. The highest BCUT2D eigenvalue weighted by atomic mass is 15.0. The van der Waals surface area contributed by atoms with E-state index in [4.69, 9.17) is 27.4 Å². The first-order valence-corrected chi connectivity index (χ1v) is 15.0. The van der Waals surface area contributed by atoms with Crippen molar-refractivity contribution in [2.24, 2.45) is 0 Å². The van der Waals surface area contributed by atoms with Crippen molar-refractivity contribution in [2.75, 3.05) is 0 Å². The zero-order valence-corrected chi connectivity index (χ0v) is 25.3. The highest BCUT2D eigenvalue weighted by Gasteiger charge is 2.22. The lowest BCUT2D eigenvalue weighted by atomic mass is 10.0. The summed E-state index contributed by atoms with van der Waals surface area (Å²) in [4.78, 5) is 0. The molecule has 0 fully saturated rings. The summed E-state index contributed by atoms with van der Waals surface area (Å²) >= 11 is 0. The lowest BCUT2D eigenvalue weighted by Gasteiger charge is -2.15. The van der Waals surface area contributed by atoms with Crippen LogP contribution in [0.3, 0.4) is 0 Å². The van der Waals surface area contributed by atoms with Crippen LogP contribution in [0, 0.1) is 0 Å². The summed E-state index contributed by atoms with van der Waals surface area (Å²) in [5, 5.41) is -3.66. The van der Waals surface area contributed by atoms with E-state index >= 15 is 0 Å². The molecule has 3 aromatic heterocycles. The molecule has 0 saturated heterocycles. The van der Waals surface area contributed by atoms with Gasteiger partial charge in [0.2, 0.25) is 0 Å². The van der Waals surface area contributed by atoms with Crippen LogP contribution in [0.25, 0.3) is 93.6 Å². The van der Waals surface area contributed by atoms with Crippen LogP contribution in [0.4, 0.5) is 0 Å². The molecule has 3 heterocycles. The van der Waals surface area contributed by atoms with Gasteiger partial charge in [0.25, 0.3) is 0 Å². The molecule has 0 saturated carbocycles. The van der Waals surface area contributed by atoms with E-state index in [0.29, 0.717) is 9.13 Å². The molecule has 238 valence electrons. The van der Waals surface area contributed by atoms with E-state index < -0.39 is 281 Å². The van der Waals surface area contributed by atoms with Crippen molar-refractivity contribution < 1.29 is 42.5 Å². The summed E-state index contributed by atoms with van der Waals surface area (Å²) < 4.78 is 284. The summed E-state index contributed by atoms with van der Waals surface area (Å²) in [7, 11) is 0. The fourth-order valence-electron chi connectivity index (χ4n) is 6.51. The van der Waals surface area contributed by atoms with Crippen molar-refractivity contribution in [1.29, 1.82) is 0 Å². The van der Waals surface area contributed by atoms with Gasteiger partial charge in [0.05, 0.1) is 81.3 Å². The van der Waals surface area contributed by atoms with E-state index in [1.54, 1.807) is 0 Å². The minimum atomic E-state index is -1.13. The van der Waals surface area contributed by atoms with Gasteiger partial charge in [0.15, 0.2) is 0 Å². The van der Waals surface area contributed by atoms with E-state index in [1.165, 1.54) is 0 Å². The first-order chi connectivity index (χ1) is 38.2. The maximum atomic E-state index is 10.0. The van der Waals surface area contributed by atoms with Gasteiger partial charge in [-0.3, -0.25) is 0 Å². The van der Waals surface area contributed by atoms with E-state index in [1.807, 2.05) is 0 Å². The monoisotopic (exact) mass is 680 g/mol. The normalized spacial score (nSPS) is 20.4. The van der Waals surface area contributed by atoms with Crippen molar-refractivity contribution in [1.82, 2.24) is 13.7 Å². The fraction of sp³-hybridized carbons (Fsp3) is 0. The van der Waals surface area contributed by atoms with Crippen molar-refractivity contribution in [3.63, 3.8) is 0 Å². The van der Waals surface area contributed by atoms with E-state index in [0.717, 1.165) is 4.57 Å². The van der Waals surface area contributed by atoms with Gasteiger partial charge in [-0.2, -0.15) is 0 Å². The number of fused-ring (bicyclic) bond motifs is 10. The third-order valence-corrected chi connectivity index (χ3v) is 8.47. The second-order valence-corrected chi connectivity index (χ2v) is 11.0. The molecule has 0 aliphatic heterocycles. The van der Waals surface area contributed by atoms with E-state index in [9.17, 15) is 15.1 Å². The molecule has 0 aliphatic carbocycles. The van der Waals surface area contributed by atoms with E-state index in [2.05, 4.69) is 0 Å². The quantitative estimate of drug-likeness (QED) is 0.176. The highest BCUT2D eigenvalue weighted by molar-refractivity contribution is 6.29. The highest BCUT2D eigenvalue weighted by Crippen LogP contribution is 2.44. The van der Waals surface area contributed by atoms with Gasteiger partial charge in [-0.25, -0.2) is 0 Å². The topological polar surface area (TPSA) is 14.8 Å². The number of hydrogen-bond donors (Lipinski definition) is 0. The molecule has 0 unspecified atom stereocenters. The van der Waals surface area contributed by atoms with Crippen molar-refractivity contribution >= 4 is 65.4 Å². The summed E-state index contributed by atoms with van der Waals surface area (Å²) in [6.45, 7) is 0. The largest absolute Gasteiger partial charge is 0.309 e. The average Bonchev–Trinajstić information content (AvgIpc) is 1.61. The zero-order chi connectivity index (χ0) is 60.4. The molecule has 3 nitrogen and oxygen atoms in total. The Hall–Kier alpha value is -6.84. The molecule has 0 bridgehead atoms. The Balaban J connectivity index is 1.44. The minimum absolute atomic E-state index is 0.548. The smallest absolute Gasteiger partial charge is 0.0646 e. The Labute approximate surface area is 338 Å².